The third-order valence-electron chi connectivity index (χ3n) is 17.3. The number of nitrogens with zero attached hydrogens (tertiary/aromatic N) is 9. The first-order chi connectivity index (χ1) is 46.8. The molecule has 3 saturated heterocycles. The number of alkyl halides is 6. The van der Waals surface area contributed by atoms with Crippen LogP contribution in [0.1, 0.15) is 68.5 Å². The number of benzene rings is 6. The van der Waals surface area contributed by atoms with E-state index in [2.05, 4.69) is 60.0 Å². The average Bonchev–Trinajstić information content (AvgIpc) is 0.909. The van der Waals surface area contributed by atoms with Gasteiger partial charge in [-0.05, 0) is 115 Å². The van der Waals surface area contributed by atoms with Crippen LogP contribution in [0.3, 0.4) is 0 Å². The third-order valence-corrected chi connectivity index (χ3v) is 17.7. The van der Waals surface area contributed by atoms with Crippen molar-refractivity contribution in [1.82, 2.24) is 39.4 Å². The Morgan fingerprint density at radius 1 is 0.454 bits per heavy atom. The van der Waals surface area contributed by atoms with Gasteiger partial charge in [-0.1, -0.05) is 158 Å². The molecule has 14 nitrogen and oxygen atoms in total. The lowest BCUT2D eigenvalue weighted by molar-refractivity contribution is -0.145. The molecular formula is C76H74BrF6N9O5. The van der Waals surface area contributed by atoms with Crippen molar-refractivity contribution < 1.29 is 50.3 Å². The van der Waals surface area contributed by atoms with E-state index in [0.717, 1.165) is 60.5 Å². The summed E-state index contributed by atoms with van der Waals surface area (Å²) in [6.45, 7) is 7.17. The molecule has 5 heterocycles. The van der Waals surface area contributed by atoms with Crippen LogP contribution >= 0.6 is 15.9 Å². The fraction of sp³-hybridized carbons (Fsp3) is 0.276. The van der Waals surface area contributed by atoms with Gasteiger partial charge in [0.2, 0.25) is 29.5 Å². The zero-order chi connectivity index (χ0) is 68.3. The van der Waals surface area contributed by atoms with Crippen molar-refractivity contribution in [3.63, 3.8) is 0 Å². The van der Waals surface area contributed by atoms with E-state index in [1.807, 2.05) is 113 Å². The lowest BCUT2D eigenvalue weighted by atomic mass is 10.0. The summed E-state index contributed by atoms with van der Waals surface area (Å²) < 4.78 is 79.3. The number of piperazine rings is 2. The second-order valence-corrected chi connectivity index (χ2v) is 24.9. The van der Waals surface area contributed by atoms with Crippen LogP contribution in [0.2, 0.25) is 0 Å². The smallest absolute Gasteiger partial charge is 0.338 e. The van der Waals surface area contributed by atoms with E-state index < -0.39 is 47.4 Å². The van der Waals surface area contributed by atoms with Crippen molar-refractivity contribution in [2.75, 3.05) is 63.8 Å². The molecule has 3 aliphatic rings. The summed E-state index contributed by atoms with van der Waals surface area (Å²) in [6, 6.07) is 54.0. The average molecular weight is 1390 g/mol. The quantitative estimate of drug-likeness (QED) is 0.0392. The number of hydrogen-bond acceptors (Lipinski definition) is 9. The second kappa shape index (κ2) is 33.4. The number of rotatable bonds is 21. The van der Waals surface area contributed by atoms with Gasteiger partial charge < -0.3 is 19.6 Å². The van der Waals surface area contributed by atoms with E-state index in [9.17, 15) is 50.3 Å². The van der Waals surface area contributed by atoms with Crippen molar-refractivity contribution in [3.8, 4) is 0 Å². The Kier molecular flexibility index (Phi) is 24.2. The number of anilines is 1. The van der Waals surface area contributed by atoms with Gasteiger partial charge in [0.25, 0.3) is 0 Å². The molecule has 6 aromatic carbocycles. The van der Waals surface area contributed by atoms with E-state index in [1.54, 1.807) is 35.5 Å². The number of amides is 5. The van der Waals surface area contributed by atoms with Crippen LogP contribution in [0.5, 0.6) is 0 Å². The molecular weight excluding hydrogens is 1310 g/mol. The molecule has 0 spiro atoms. The van der Waals surface area contributed by atoms with Crippen molar-refractivity contribution >= 4 is 63.4 Å². The van der Waals surface area contributed by atoms with E-state index in [1.165, 1.54) is 69.5 Å². The summed E-state index contributed by atoms with van der Waals surface area (Å²) in [5, 5.41) is 0. The van der Waals surface area contributed by atoms with Crippen molar-refractivity contribution in [2.45, 2.75) is 76.3 Å². The molecule has 0 unspecified atom stereocenters. The van der Waals surface area contributed by atoms with Gasteiger partial charge in [-0.15, -0.1) is 0 Å². The monoisotopic (exact) mass is 1390 g/mol. The first-order valence-electron chi connectivity index (χ1n) is 32.2. The number of pyridine rings is 2. The Labute approximate surface area is 569 Å². The predicted molar refractivity (Wildman–Crippen MR) is 364 cm³/mol. The Morgan fingerprint density at radius 2 is 0.835 bits per heavy atom. The van der Waals surface area contributed by atoms with Gasteiger partial charge in [-0.2, -0.15) is 26.3 Å². The molecule has 11 rings (SSSR count). The molecule has 0 radical (unpaired) electrons. The highest BCUT2D eigenvalue weighted by atomic mass is 79.9. The predicted octanol–water partition coefficient (Wildman–Crippen LogP) is 13.1. The minimum absolute atomic E-state index is 0.0119. The van der Waals surface area contributed by atoms with E-state index >= 15 is 0 Å². The summed E-state index contributed by atoms with van der Waals surface area (Å²) in [6.07, 6.45) is 1.69. The van der Waals surface area contributed by atoms with Gasteiger partial charge in [0, 0.05) is 129 Å². The van der Waals surface area contributed by atoms with E-state index in [4.69, 9.17) is 0 Å². The lowest BCUT2D eigenvalue weighted by Crippen LogP contribution is -2.56. The zero-order valence-corrected chi connectivity index (χ0v) is 54.9. The van der Waals surface area contributed by atoms with Crippen LogP contribution < -0.4 is 4.90 Å². The molecule has 3 aliphatic heterocycles. The van der Waals surface area contributed by atoms with Gasteiger partial charge >= 0.3 is 12.4 Å². The van der Waals surface area contributed by atoms with Crippen LogP contribution in [0.25, 0.3) is 12.2 Å². The molecule has 21 heteroatoms. The van der Waals surface area contributed by atoms with Crippen LogP contribution in [0.4, 0.5) is 32.2 Å². The first kappa shape index (κ1) is 70.2. The van der Waals surface area contributed by atoms with Gasteiger partial charge in [0.15, 0.2) is 0 Å². The Bertz CT molecular complexity index is 3930. The molecule has 5 amide bonds. The van der Waals surface area contributed by atoms with Gasteiger partial charge in [0.1, 0.15) is 22.5 Å². The number of carbonyl (C=O) groups is 5. The van der Waals surface area contributed by atoms with E-state index in [0.29, 0.717) is 98.9 Å². The highest BCUT2D eigenvalue weighted by Crippen LogP contribution is 2.31. The molecule has 2 atom stereocenters. The summed E-state index contributed by atoms with van der Waals surface area (Å²) in [4.78, 5) is 91.0. The molecule has 3 fully saturated rings. The SMILES string of the molecule is O=C([C@H](Cc1ccccc1)N(Cc1ccc(Br)nc1)C(=O)/C=C/c1ccc(C(F)(F)F)cc1)N1CCN(Cc2ccccc2)CC1.O=C([C@H](Cc1ccccc1)N(Cc1ccc(N2CCCC2=O)nc1)C(=O)/C=C/c1ccc(C(F)(F)F)cc1)N1CCN(Cc2ccccc2)CC1. The fourth-order valence-corrected chi connectivity index (χ4v) is 12.2. The topological polar surface area (TPSA) is 134 Å². The number of aromatic nitrogens is 2. The summed E-state index contributed by atoms with van der Waals surface area (Å²) >= 11 is 3.34. The normalized spacial score (nSPS) is 15.5. The highest BCUT2D eigenvalue weighted by Gasteiger charge is 2.37. The minimum atomic E-state index is -4.47. The molecule has 502 valence electrons. The number of hydrogen-bond donors (Lipinski definition) is 0. The lowest BCUT2D eigenvalue weighted by Gasteiger charge is -2.39. The van der Waals surface area contributed by atoms with E-state index in [-0.39, 0.29) is 37.2 Å². The molecule has 0 N–H and O–H groups in total. The molecule has 8 aromatic rings. The Hall–Kier alpha value is -9.57. The second-order valence-electron chi connectivity index (χ2n) is 24.1. The standard InChI is InChI=1S/C40H40F3N5O3.C36H34BrF3N4O2/c41-40(42,43)34-17-13-30(14-18-34)16-20-38(50)48(29-33-15-19-36(44-27-33)47-21-7-12-37(47)49)35(26-31-8-3-1-4-9-31)39(51)46-24-22-45(23-25-46)28-32-10-5-2-6-11-32;37-33-17-13-30(24-41-33)26-44(34(45)18-14-27-11-15-31(16-12-27)36(38,39)40)32(23-28-7-3-1-4-8-28)35(46)43-21-19-42(20-22-43)25-29-9-5-2-6-10-29/h1-6,8-11,13-20,27,35H,7,12,21-26,28-29H2;1-18,24,32H,19-23,25-26H2/b20-16+;18-14+/t35-;32-/m00/s1. The number of halogens is 7. The molecule has 2 aromatic heterocycles. The molecule has 0 saturated carbocycles. The minimum Gasteiger partial charge on any atom is -0.338 e. The van der Waals surface area contributed by atoms with Crippen molar-refractivity contribution in [2.24, 2.45) is 0 Å². The van der Waals surface area contributed by atoms with Crippen LogP contribution in [0, 0.1) is 0 Å². The maximum absolute atomic E-state index is 14.5. The van der Waals surface area contributed by atoms with Gasteiger partial charge in [-0.3, -0.25) is 38.7 Å². The van der Waals surface area contributed by atoms with Gasteiger partial charge in [0.05, 0.1) is 11.1 Å². The fourth-order valence-electron chi connectivity index (χ4n) is 11.9. The zero-order valence-electron chi connectivity index (χ0n) is 53.3. The first-order valence-corrected chi connectivity index (χ1v) is 32.9. The molecule has 0 aliphatic carbocycles. The van der Waals surface area contributed by atoms with Crippen LogP contribution in [-0.4, -0.2) is 140 Å². The largest absolute Gasteiger partial charge is 0.416 e. The Balaban J connectivity index is 0.000000212. The van der Waals surface area contributed by atoms with Crippen LogP contribution in [0.15, 0.2) is 223 Å². The summed E-state index contributed by atoms with van der Waals surface area (Å²) in [5.74, 6) is -0.679. The Morgan fingerprint density at radius 3 is 1.18 bits per heavy atom. The highest BCUT2D eigenvalue weighted by molar-refractivity contribution is 9.10. The van der Waals surface area contributed by atoms with Crippen molar-refractivity contribution in [1.29, 1.82) is 0 Å². The van der Waals surface area contributed by atoms with Crippen molar-refractivity contribution in [3.05, 3.63) is 279 Å². The summed E-state index contributed by atoms with van der Waals surface area (Å²) in [5.41, 5.74) is 4.90. The maximum Gasteiger partial charge on any atom is 0.416 e. The third kappa shape index (κ3) is 20.2. The molecule has 0 bridgehead atoms. The molecule has 97 heavy (non-hydrogen) atoms. The van der Waals surface area contributed by atoms with Gasteiger partial charge in [-0.25, -0.2) is 9.97 Å². The maximum atomic E-state index is 14.5. The van der Waals surface area contributed by atoms with Crippen LogP contribution in [-0.2, 0) is 75.3 Å². The summed E-state index contributed by atoms with van der Waals surface area (Å²) in [7, 11) is 0. The number of carbonyl (C=O) groups excluding carboxylic acids is 5.